The molecule has 0 saturated carbocycles. The highest BCUT2D eigenvalue weighted by Gasteiger charge is 2.15. The van der Waals surface area contributed by atoms with Gasteiger partial charge in [-0.2, -0.15) is 0 Å². The van der Waals surface area contributed by atoms with E-state index in [0.717, 1.165) is 0 Å². The van der Waals surface area contributed by atoms with Crippen molar-refractivity contribution in [3.05, 3.63) is 80.9 Å². The molecule has 0 aliphatic heterocycles. The van der Waals surface area contributed by atoms with Crippen LogP contribution in [0.1, 0.15) is 11.6 Å². The van der Waals surface area contributed by atoms with E-state index in [-0.39, 0.29) is 11.4 Å². The number of nitrogens with one attached hydrogen (secondary N) is 2. The van der Waals surface area contributed by atoms with E-state index >= 15 is 0 Å². The molecule has 2 N–H and O–H groups in total. The van der Waals surface area contributed by atoms with E-state index in [4.69, 9.17) is 0 Å². The fraction of sp³-hybridized carbons (Fsp3) is 0.158. The molecule has 11 heteroatoms. The molecule has 0 saturated heterocycles. The molecule has 0 amide bonds. The third-order valence-corrected chi connectivity index (χ3v) is 4.58. The molecule has 11 nitrogen and oxygen atoms in total. The van der Waals surface area contributed by atoms with Crippen molar-refractivity contribution in [3.8, 4) is 0 Å². The number of hydrogen-bond donors (Lipinski definition) is 2. The van der Waals surface area contributed by atoms with Crippen LogP contribution < -0.4 is 0 Å². The Balaban J connectivity index is 1.56. The molecule has 30 heavy (non-hydrogen) atoms. The molecular weight excluding hydrogens is 390 g/mol. The first-order valence-electron chi connectivity index (χ1n) is 9.02. The summed E-state index contributed by atoms with van der Waals surface area (Å²) in [7, 11) is 0. The summed E-state index contributed by atoms with van der Waals surface area (Å²) < 4.78 is 0. The van der Waals surface area contributed by atoms with Crippen LogP contribution in [0.2, 0.25) is 0 Å². The van der Waals surface area contributed by atoms with Gasteiger partial charge in [0.05, 0.1) is 45.0 Å². The zero-order chi connectivity index (χ0) is 21.3. The second kappa shape index (κ2) is 7.72. The van der Waals surface area contributed by atoms with Crippen molar-refractivity contribution in [2.45, 2.75) is 13.1 Å². The minimum absolute atomic E-state index is 0.00276. The minimum atomic E-state index is -0.449. The van der Waals surface area contributed by atoms with Crippen LogP contribution in [-0.2, 0) is 13.1 Å². The molecule has 0 atom stereocenters. The van der Waals surface area contributed by atoms with Crippen LogP contribution in [0.5, 0.6) is 0 Å². The van der Waals surface area contributed by atoms with Gasteiger partial charge in [0.1, 0.15) is 11.6 Å². The molecule has 0 radical (unpaired) electrons. The number of fused-ring (bicyclic) bond motifs is 2. The second-order valence-electron chi connectivity index (χ2n) is 6.74. The largest absolute Gasteiger partial charge is 0.341 e. The number of aromatic nitrogens is 4. The molecule has 0 fully saturated rings. The number of nitro groups is 2. The first-order valence-corrected chi connectivity index (χ1v) is 9.02. The van der Waals surface area contributed by atoms with Crippen LogP contribution in [-0.4, -0.2) is 41.2 Å². The van der Waals surface area contributed by atoms with Crippen LogP contribution >= 0.6 is 0 Å². The molecule has 0 unspecified atom stereocenters. The maximum Gasteiger partial charge on any atom is 0.271 e. The van der Waals surface area contributed by atoms with Crippen LogP contribution in [0, 0.1) is 20.2 Å². The predicted molar refractivity (Wildman–Crippen MR) is 110 cm³/mol. The van der Waals surface area contributed by atoms with Crippen LogP contribution in [0.15, 0.2) is 49.1 Å². The van der Waals surface area contributed by atoms with Crippen molar-refractivity contribution in [3.63, 3.8) is 0 Å². The van der Waals surface area contributed by atoms with Gasteiger partial charge in [0.25, 0.3) is 11.4 Å². The van der Waals surface area contributed by atoms with E-state index in [1.807, 2.05) is 4.90 Å². The van der Waals surface area contributed by atoms with Gasteiger partial charge in [0.2, 0.25) is 0 Å². The standard InChI is InChI=1S/C19H17N7O4/c1-2-7-24(10-18-20-14-5-3-12(25(27)28)8-16(14)22-18)11-19-21-15-6-4-13(26(29)30)9-17(15)23-19/h2-6,8-9H,1,7,10-11H2,(H,20,22)(H,21,23). The summed E-state index contributed by atoms with van der Waals surface area (Å²) in [6, 6.07) is 8.96. The summed E-state index contributed by atoms with van der Waals surface area (Å²) in [4.78, 5) is 38.2. The SMILES string of the molecule is C=CCN(Cc1nc2ccc([N+](=O)[O-])cc2[nH]1)Cc1nc2ccc([N+](=O)[O-])cc2[nH]1. The van der Waals surface area contributed by atoms with Gasteiger partial charge in [-0.25, -0.2) is 9.97 Å². The summed E-state index contributed by atoms with van der Waals surface area (Å²) in [5.41, 5.74) is 2.46. The van der Waals surface area contributed by atoms with E-state index in [0.29, 0.717) is 53.3 Å². The number of rotatable bonds is 8. The van der Waals surface area contributed by atoms with E-state index in [1.54, 1.807) is 18.2 Å². The average Bonchev–Trinajstić information content (AvgIpc) is 3.29. The van der Waals surface area contributed by atoms with E-state index in [9.17, 15) is 20.2 Å². The zero-order valence-electron chi connectivity index (χ0n) is 15.7. The number of benzene rings is 2. The zero-order valence-corrected chi connectivity index (χ0v) is 15.7. The van der Waals surface area contributed by atoms with Gasteiger partial charge in [0.15, 0.2) is 0 Å². The Bertz CT molecular complexity index is 1180. The van der Waals surface area contributed by atoms with Gasteiger partial charge in [-0.05, 0) is 12.1 Å². The lowest BCUT2D eigenvalue weighted by atomic mass is 10.3. The Morgan fingerprint density at radius 3 is 1.77 bits per heavy atom. The maximum atomic E-state index is 11.0. The van der Waals surface area contributed by atoms with Gasteiger partial charge in [-0.1, -0.05) is 6.08 Å². The van der Waals surface area contributed by atoms with Crippen molar-refractivity contribution in [2.75, 3.05) is 6.54 Å². The van der Waals surface area contributed by atoms with Crippen molar-refractivity contribution < 1.29 is 9.85 Å². The van der Waals surface area contributed by atoms with E-state index < -0.39 is 9.85 Å². The lowest BCUT2D eigenvalue weighted by Crippen LogP contribution is -2.24. The molecule has 0 spiro atoms. The minimum Gasteiger partial charge on any atom is -0.341 e. The molecule has 4 aromatic rings. The fourth-order valence-corrected chi connectivity index (χ4v) is 3.27. The van der Waals surface area contributed by atoms with Gasteiger partial charge >= 0.3 is 0 Å². The van der Waals surface area contributed by atoms with Crippen LogP contribution in [0.25, 0.3) is 22.1 Å². The maximum absolute atomic E-state index is 11.0. The van der Waals surface area contributed by atoms with Crippen molar-refractivity contribution >= 4 is 33.4 Å². The summed E-state index contributed by atoms with van der Waals surface area (Å²) in [6.07, 6.45) is 1.75. The molecule has 2 aromatic heterocycles. The number of nitrogens with zero attached hydrogens (tertiary/aromatic N) is 5. The summed E-state index contributed by atoms with van der Waals surface area (Å²) in [5.74, 6) is 1.30. The number of imidazole rings is 2. The lowest BCUT2D eigenvalue weighted by Gasteiger charge is -2.17. The van der Waals surface area contributed by atoms with Gasteiger partial charge < -0.3 is 9.97 Å². The number of non-ortho nitro benzene ring substituents is 2. The lowest BCUT2D eigenvalue weighted by molar-refractivity contribution is -0.384. The Kier molecular flexibility index (Phi) is 4.94. The van der Waals surface area contributed by atoms with Gasteiger partial charge in [-0.15, -0.1) is 6.58 Å². The quantitative estimate of drug-likeness (QED) is 0.258. The van der Waals surface area contributed by atoms with E-state index in [2.05, 4.69) is 26.5 Å². The molecular formula is C19H17N7O4. The number of nitro benzene ring substituents is 2. The monoisotopic (exact) mass is 407 g/mol. The topological polar surface area (TPSA) is 147 Å². The Morgan fingerprint density at radius 1 is 0.900 bits per heavy atom. The van der Waals surface area contributed by atoms with Crippen molar-refractivity contribution in [2.24, 2.45) is 0 Å². The van der Waals surface area contributed by atoms with Crippen LogP contribution in [0.3, 0.4) is 0 Å². The molecule has 2 aromatic carbocycles. The summed E-state index contributed by atoms with van der Waals surface area (Å²) >= 11 is 0. The molecule has 0 aliphatic rings. The second-order valence-corrected chi connectivity index (χ2v) is 6.74. The molecule has 4 rings (SSSR count). The third kappa shape index (κ3) is 3.86. The van der Waals surface area contributed by atoms with Gasteiger partial charge in [-0.3, -0.25) is 25.1 Å². The molecule has 152 valence electrons. The summed E-state index contributed by atoms with van der Waals surface area (Å²) in [5, 5.41) is 21.9. The number of H-pyrrole nitrogens is 2. The fourth-order valence-electron chi connectivity index (χ4n) is 3.27. The predicted octanol–water partition coefficient (Wildman–Crippen LogP) is 3.44. The first kappa shape index (κ1) is 19.2. The highest BCUT2D eigenvalue weighted by atomic mass is 16.6. The molecule has 0 bridgehead atoms. The Hall–Kier alpha value is -4.12. The third-order valence-electron chi connectivity index (χ3n) is 4.58. The normalized spacial score (nSPS) is 11.4. The Morgan fingerprint density at radius 2 is 1.37 bits per heavy atom. The number of hydrogen-bond acceptors (Lipinski definition) is 7. The van der Waals surface area contributed by atoms with Crippen LogP contribution in [0.4, 0.5) is 11.4 Å². The molecule has 0 aliphatic carbocycles. The summed E-state index contributed by atoms with van der Waals surface area (Å²) in [6.45, 7) is 5.20. The molecule has 2 heterocycles. The van der Waals surface area contributed by atoms with Crippen molar-refractivity contribution in [1.82, 2.24) is 24.8 Å². The average molecular weight is 407 g/mol. The number of aromatic amines is 2. The van der Waals surface area contributed by atoms with E-state index in [1.165, 1.54) is 24.3 Å². The van der Waals surface area contributed by atoms with Gasteiger partial charge in [0, 0.05) is 30.8 Å². The first-order chi connectivity index (χ1) is 14.4. The highest BCUT2D eigenvalue weighted by molar-refractivity contribution is 5.78. The van der Waals surface area contributed by atoms with Crippen molar-refractivity contribution in [1.29, 1.82) is 0 Å². The smallest absolute Gasteiger partial charge is 0.271 e. The Labute approximate surface area is 169 Å². The highest BCUT2D eigenvalue weighted by Crippen LogP contribution is 2.21.